The minimum absolute atomic E-state index is 0.0442. The van der Waals surface area contributed by atoms with Gasteiger partial charge in [-0.3, -0.25) is 4.79 Å². The molecule has 0 aliphatic rings. The minimum atomic E-state index is 0.0442. The molecular weight excluding hydrogens is 248 g/mol. The molecule has 0 atom stereocenters. The zero-order valence-corrected chi connectivity index (χ0v) is 11.9. The highest BCUT2D eigenvalue weighted by molar-refractivity contribution is 5.81. The second-order valence-electron chi connectivity index (χ2n) is 5.25. The Morgan fingerprint density at radius 3 is 2.40 bits per heavy atom. The lowest BCUT2D eigenvalue weighted by Crippen LogP contribution is -2.07. The summed E-state index contributed by atoms with van der Waals surface area (Å²) in [7, 11) is 0. The van der Waals surface area contributed by atoms with Gasteiger partial charge in [0.1, 0.15) is 11.3 Å². The second-order valence-corrected chi connectivity index (χ2v) is 5.25. The van der Waals surface area contributed by atoms with Crippen LogP contribution in [0.25, 0.3) is 22.3 Å². The van der Waals surface area contributed by atoms with Crippen molar-refractivity contribution in [1.82, 2.24) is 0 Å². The third-order valence-corrected chi connectivity index (χ3v) is 3.56. The predicted octanol–water partition coefficient (Wildman–Crippen LogP) is 4.39. The van der Waals surface area contributed by atoms with Crippen molar-refractivity contribution in [3.05, 3.63) is 69.4 Å². The van der Waals surface area contributed by atoms with Crippen molar-refractivity contribution in [2.24, 2.45) is 0 Å². The van der Waals surface area contributed by atoms with Gasteiger partial charge in [0.2, 0.25) is 0 Å². The molecule has 0 saturated heterocycles. The molecule has 0 fully saturated rings. The maximum atomic E-state index is 12.5. The van der Waals surface area contributed by atoms with Crippen LogP contribution in [0.2, 0.25) is 0 Å². The van der Waals surface area contributed by atoms with Crippen LogP contribution in [0.4, 0.5) is 0 Å². The van der Waals surface area contributed by atoms with Gasteiger partial charge in [0.25, 0.3) is 0 Å². The third-order valence-electron chi connectivity index (χ3n) is 3.56. The molecule has 0 radical (unpaired) electrons. The quantitative estimate of drug-likeness (QED) is 0.652. The first-order valence-corrected chi connectivity index (χ1v) is 6.67. The Kier molecular flexibility index (Phi) is 2.94. The molecule has 3 aromatic rings. The summed E-state index contributed by atoms with van der Waals surface area (Å²) < 4.78 is 6.00. The molecule has 1 heterocycles. The summed E-state index contributed by atoms with van der Waals surface area (Å²) in [5, 5.41) is 0.643. The van der Waals surface area contributed by atoms with Crippen LogP contribution in [0.1, 0.15) is 16.7 Å². The van der Waals surface area contributed by atoms with Gasteiger partial charge in [-0.15, -0.1) is 0 Å². The third kappa shape index (κ3) is 2.03. The summed E-state index contributed by atoms with van der Waals surface area (Å²) in [6.45, 7) is 5.84. The number of rotatable bonds is 1. The Morgan fingerprint density at radius 1 is 0.900 bits per heavy atom. The topological polar surface area (TPSA) is 30.2 Å². The van der Waals surface area contributed by atoms with E-state index in [-0.39, 0.29) is 5.43 Å². The molecule has 0 aliphatic carbocycles. The van der Waals surface area contributed by atoms with Crippen molar-refractivity contribution < 1.29 is 4.42 Å². The largest absolute Gasteiger partial charge is 0.456 e. The van der Waals surface area contributed by atoms with E-state index < -0.39 is 0 Å². The van der Waals surface area contributed by atoms with Gasteiger partial charge in [-0.25, -0.2) is 0 Å². The van der Waals surface area contributed by atoms with Crippen molar-refractivity contribution in [3.63, 3.8) is 0 Å². The van der Waals surface area contributed by atoms with E-state index in [0.29, 0.717) is 22.3 Å². The molecule has 0 N–H and O–H groups in total. The summed E-state index contributed by atoms with van der Waals surface area (Å²) in [6.07, 6.45) is 0. The second kappa shape index (κ2) is 4.64. The van der Waals surface area contributed by atoms with E-state index in [4.69, 9.17) is 4.42 Å². The zero-order valence-electron chi connectivity index (χ0n) is 11.9. The van der Waals surface area contributed by atoms with Crippen LogP contribution in [-0.4, -0.2) is 0 Å². The molecule has 0 saturated carbocycles. The van der Waals surface area contributed by atoms with Gasteiger partial charge < -0.3 is 4.42 Å². The Morgan fingerprint density at radius 2 is 1.65 bits per heavy atom. The average Bonchev–Trinajstić information content (AvgIpc) is 2.42. The Balaban J connectivity index is 2.37. The molecule has 0 aliphatic heterocycles. The van der Waals surface area contributed by atoms with Crippen LogP contribution < -0.4 is 5.43 Å². The molecule has 1 aromatic heterocycles. The number of fused-ring (bicyclic) bond motifs is 1. The number of benzene rings is 2. The van der Waals surface area contributed by atoms with Crippen molar-refractivity contribution >= 4 is 11.0 Å². The van der Waals surface area contributed by atoms with Crippen LogP contribution in [-0.2, 0) is 0 Å². The molecule has 2 heteroatoms. The van der Waals surface area contributed by atoms with Crippen LogP contribution in [0.15, 0.2) is 51.7 Å². The lowest BCUT2D eigenvalue weighted by molar-refractivity contribution is 0.613. The fraction of sp³-hybridized carbons (Fsp3) is 0.167. The van der Waals surface area contributed by atoms with E-state index in [2.05, 4.69) is 0 Å². The maximum absolute atomic E-state index is 12.5. The molecule has 100 valence electrons. The van der Waals surface area contributed by atoms with Gasteiger partial charge in [-0.05, 0) is 44.5 Å². The predicted molar refractivity (Wildman–Crippen MR) is 82.1 cm³/mol. The van der Waals surface area contributed by atoms with E-state index in [1.165, 1.54) is 0 Å². The first kappa shape index (κ1) is 12.7. The highest BCUT2D eigenvalue weighted by atomic mass is 16.3. The lowest BCUT2D eigenvalue weighted by atomic mass is 10.0. The van der Waals surface area contributed by atoms with Gasteiger partial charge in [0, 0.05) is 11.1 Å². The van der Waals surface area contributed by atoms with Gasteiger partial charge in [-0.1, -0.05) is 29.8 Å². The smallest absolute Gasteiger partial charge is 0.196 e. The first-order valence-electron chi connectivity index (χ1n) is 6.67. The minimum Gasteiger partial charge on any atom is -0.456 e. The van der Waals surface area contributed by atoms with Gasteiger partial charge in [0.15, 0.2) is 5.43 Å². The van der Waals surface area contributed by atoms with Crippen molar-refractivity contribution in [2.45, 2.75) is 20.8 Å². The monoisotopic (exact) mass is 264 g/mol. The molecule has 3 rings (SSSR count). The maximum Gasteiger partial charge on any atom is 0.196 e. The van der Waals surface area contributed by atoms with Crippen LogP contribution in [0.5, 0.6) is 0 Å². The highest BCUT2D eigenvalue weighted by Gasteiger charge is 2.12. The SMILES string of the molecule is Cc1cccc(-c2oc3cc(C)ccc3c(=O)c2C)c1. The Bertz CT molecular complexity index is 857. The Hall–Kier alpha value is -2.35. The van der Waals surface area contributed by atoms with Gasteiger partial charge >= 0.3 is 0 Å². The number of hydrogen-bond acceptors (Lipinski definition) is 2. The standard InChI is InChI=1S/C18H16O2/c1-11-5-4-6-14(9-11)18-13(3)17(19)15-8-7-12(2)10-16(15)20-18/h4-10H,1-3H3. The molecule has 2 nitrogen and oxygen atoms in total. The van der Waals surface area contributed by atoms with Gasteiger partial charge in [0.05, 0.1) is 5.39 Å². The van der Waals surface area contributed by atoms with E-state index in [1.807, 2.05) is 63.2 Å². The van der Waals surface area contributed by atoms with Crippen molar-refractivity contribution in [2.75, 3.05) is 0 Å². The molecular formula is C18H16O2. The van der Waals surface area contributed by atoms with E-state index in [1.54, 1.807) is 0 Å². The van der Waals surface area contributed by atoms with Crippen LogP contribution in [0.3, 0.4) is 0 Å². The van der Waals surface area contributed by atoms with E-state index in [9.17, 15) is 4.79 Å². The number of hydrogen-bond donors (Lipinski definition) is 0. The van der Waals surface area contributed by atoms with Gasteiger partial charge in [-0.2, -0.15) is 0 Å². The molecule has 0 spiro atoms. The Labute approximate surface area is 117 Å². The molecule has 0 bridgehead atoms. The fourth-order valence-corrected chi connectivity index (χ4v) is 2.45. The summed E-state index contributed by atoms with van der Waals surface area (Å²) >= 11 is 0. The molecule has 2 aromatic carbocycles. The lowest BCUT2D eigenvalue weighted by Gasteiger charge is -2.08. The van der Waals surface area contributed by atoms with Crippen molar-refractivity contribution in [1.29, 1.82) is 0 Å². The molecule has 0 unspecified atom stereocenters. The molecule has 20 heavy (non-hydrogen) atoms. The highest BCUT2D eigenvalue weighted by Crippen LogP contribution is 2.26. The summed E-state index contributed by atoms with van der Waals surface area (Å²) in [4.78, 5) is 12.5. The fourth-order valence-electron chi connectivity index (χ4n) is 2.45. The summed E-state index contributed by atoms with van der Waals surface area (Å²) in [6, 6.07) is 13.7. The van der Waals surface area contributed by atoms with Crippen molar-refractivity contribution in [3.8, 4) is 11.3 Å². The summed E-state index contributed by atoms with van der Waals surface area (Å²) in [5.41, 5.74) is 4.53. The zero-order chi connectivity index (χ0) is 14.3. The van der Waals surface area contributed by atoms with E-state index >= 15 is 0 Å². The average molecular weight is 264 g/mol. The number of aryl methyl sites for hydroxylation is 2. The van der Waals surface area contributed by atoms with E-state index in [0.717, 1.165) is 16.7 Å². The molecule has 0 amide bonds. The van der Waals surface area contributed by atoms with Crippen LogP contribution in [0, 0.1) is 20.8 Å². The van der Waals surface area contributed by atoms with Crippen LogP contribution >= 0.6 is 0 Å². The first-order chi connectivity index (χ1) is 9.56. The summed E-state index contributed by atoms with van der Waals surface area (Å²) in [5.74, 6) is 0.664. The normalized spacial score (nSPS) is 10.9.